The molecule has 1 heterocycles. The molecule has 29 heavy (non-hydrogen) atoms. The standard InChI is InChI=1S/C24H32N2O3/c1-8-18-12-20(17(5)6)22(29-15-16(3)4)13-21(18)26(9-2)23-11-10-19(14-25-23)24(27)28-7/h8,10-14,16-17H,1,9,15H2,2-7H3. The summed E-state index contributed by atoms with van der Waals surface area (Å²) in [5.41, 5.74) is 3.58. The maximum atomic E-state index is 11.7. The van der Waals surface area contributed by atoms with Gasteiger partial charge in [-0.1, -0.05) is 40.3 Å². The molecular weight excluding hydrogens is 364 g/mol. The van der Waals surface area contributed by atoms with Crippen molar-refractivity contribution in [2.75, 3.05) is 25.2 Å². The summed E-state index contributed by atoms with van der Waals surface area (Å²) < 4.78 is 10.9. The van der Waals surface area contributed by atoms with Crippen molar-refractivity contribution >= 4 is 23.6 Å². The van der Waals surface area contributed by atoms with Crippen molar-refractivity contribution in [1.82, 2.24) is 4.98 Å². The SMILES string of the molecule is C=Cc1cc(C(C)C)c(OCC(C)C)cc1N(CC)c1ccc(C(=O)OC)cn1. The number of benzene rings is 1. The van der Waals surface area contributed by atoms with Crippen LogP contribution in [0.15, 0.2) is 37.0 Å². The Kier molecular flexibility index (Phi) is 7.82. The molecule has 5 nitrogen and oxygen atoms in total. The van der Waals surface area contributed by atoms with Crippen molar-refractivity contribution in [1.29, 1.82) is 0 Å². The highest BCUT2D eigenvalue weighted by atomic mass is 16.5. The fraction of sp³-hybridized carbons (Fsp3) is 0.417. The molecule has 1 aromatic heterocycles. The summed E-state index contributed by atoms with van der Waals surface area (Å²) in [5.74, 6) is 2.00. The van der Waals surface area contributed by atoms with E-state index in [1.165, 1.54) is 13.3 Å². The minimum absolute atomic E-state index is 0.331. The van der Waals surface area contributed by atoms with Crippen molar-refractivity contribution in [3.05, 3.63) is 53.7 Å². The molecule has 0 aliphatic carbocycles. The molecule has 0 saturated heterocycles. The lowest BCUT2D eigenvalue weighted by Crippen LogP contribution is -2.19. The minimum Gasteiger partial charge on any atom is -0.493 e. The van der Waals surface area contributed by atoms with Gasteiger partial charge in [0.25, 0.3) is 0 Å². The molecule has 156 valence electrons. The van der Waals surface area contributed by atoms with Crippen molar-refractivity contribution in [3.8, 4) is 5.75 Å². The molecule has 0 amide bonds. The van der Waals surface area contributed by atoms with E-state index in [1.54, 1.807) is 6.07 Å². The number of hydrogen-bond donors (Lipinski definition) is 0. The van der Waals surface area contributed by atoms with Gasteiger partial charge in [-0.05, 0) is 48.1 Å². The number of hydrogen-bond acceptors (Lipinski definition) is 5. The Morgan fingerprint density at radius 2 is 1.97 bits per heavy atom. The number of anilines is 2. The van der Waals surface area contributed by atoms with Gasteiger partial charge < -0.3 is 14.4 Å². The van der Waals surface area contributed by atoms with Crippen LogP contribution in [-0.4, -0.2) is 31.2 Å². The molecule has 0 radical (unpaired) electrons. The molecular formula is C24H32N2O3. The predicted octanol–water partition coefficient (Wildman–Crippen LogP) is 5.83. The van der Waals surface area contributed by atoms with Crippen LogP contribution < -0.4 is 9.64 Å². The Hall–Kier alpha value is -2.82. The zero-order valence-corrected chi connectivity index (χ0v) is 18.4. The van der Waals surface area contributed by atoms with Crippen LogP contribution in [0.2, 0.25) is 0 Å². The summed E-state index contributed by atoms with van der Waals surface area (Å²) in [7, 11) is 1.36. The molecule has 0 aliphatic heterocycles. The third-order valence-corrected chi connectivity index (χ3v) is 4.63. The first kappa shape index (κ1) is 22.5. The number of rotatable bonds is 9. The summed E-state index contributed by atoms with van der Waals surface area (Å²) in [4.78, 5) is 18.3. The van der Waals surface area contributed by atoms with Gasteiger partial charge in [0.1, 0.15) is 11.6 Å². The Labute approximate surface area is 174 Å². The highest BCUT2D eigenvalue weighted by Gasteiger charge is 2.18. The number of methoxy groups -OCH3 is 1. The number of pyridine rings is 1. The second kappa shape index (κ2) is 10.1. The van der Waals surface area contributed by atoms with Gasteiger partial charge >= 0.3 is 5.97 Å². The van der Waals surface area contributed by atoms with Crippen LogP contribution in [0.5, 0.6) is 5.75 Å². The average molecular weight is 397 g/mol. The van der Waals surface area contributed by atoms with E-state index < -0.39 is 5.97 Å². The number of esters is 1. The number of nitrogens with zero attached hydrogens (tertiary/aromatic N) is 2. The van der Waals surface area contributed by atoms with Gasteiger partial charge in [-0.15, -0.1) is 0 Å². The first-order valence-electron chi connectivity index (χ1n) is 10.1. The van der Waals surface area contributed by atoms with Crippen LogP contribution in [0.25, 0.3) is 6.08 Å². The van der Waals surface area contributed by atoms with Gasteiger partial charge in [-0.2, -0.15) is 0 Å². The second-order valence-electron chi connectivity index (χ2n) is 7.65. The Balaban J connectivity index is 2.52. The molecule has 0 fully saturated rings. The summed E-state index contributed by atoms with van der Waals surface area (Å²) in [6, 6.07) is 7.78. The van der Waals surface area contributed by atoms with E-state index in [0.717, 1.165) is 28.4 Å². The van der Waals surface area contributed by atoms with Crippen LogP contribution in [-0.2, 0) is 4.74 Å². The molecule has 2 aromatic rings. The lowest BCUT2D eigenvalue weighted by Gasteiger charge is -2.27. The zero-order chi connectivity index (χ0) is 21.6. The summed E-state index contributed by atoms with van der Waals surface area (Å²) >= 11 is 0. The highest BCUT2D eigenvalue weighted by molar-refractivity contribution is 5.89. The molecule has 0 unspecified atom stereocenters. The lowest BCUT2D eigenvalue weighted by atomic mass is 9.97. The van der Waals surface area contributed by atoms with E-state index in [2.05, 4.69) is 63.2 Å². The molecule has 0 aliphatic rings. The minimum atomic E-state index is -0.399. The summed E-state index contributed by atoms with van der Waals surface area (Å²) in [6.45, 7) is 16.0. The van der Waals surface area contributed by atoms with E-state index in [4.69, 9.17) is 9.47 Å². The Morgan fingerprint density at radius 3 is 2.45 bits per heavy atom. The van der Waals surface area contributed by atoms with E-state index in [-0.39, 0.29) is 0 Å². The molecule has 0 N–H and O–H groups in total. The van der Waals surface area contributed by atoms with Crippen molar-refractivity contribution in [2.45, 2.75) is 40.5 Å². The number of ether oxygens (including phenoxy) is 2. The van der Waals surface area contributed by atoms with E-state index in [9.17, 15) is 4.79 Å². The largest absolute Gasteiger partial charge is 0.493 e. The maximum Gasteiger partial charge on any atom is 0.339 e. The number of carbonyl (C=O) groups excluding carboxylic acids is 1. The lowest BCUT2D eigenvalue weighted by molar-refractivity contribution is 0.0600. The second-order valence-corrected chi connectivity index (χ2v) is 7.65. The van der Waals surface area contributed by atoms with Crippen molar-refractivity contribution < 1.29 is 14.3 Å². The highest BCUT2D eigenvalue weighted by Crippen LogP contribution is 2.37. The molecule has 0 atom stereocenters. The molecule has 1 aromatic carbocycles. The fourth-order valence-electron chi connectivity index (χ4n) is 3.07. The monoisotopic (exact) mass is 396 g/mol. The van der Waals surface area contributed by atoms with E-state index in [1.807, 2.05) is 12.1 Å². The van der Waals surface area contributed by atoms with Crippen LogP contribution in [0.4, 0.5) is 11.5 Å². The molecule has 5 heteroatoms. The van der Waals surface area contributed by atoms with Crippen LogP contribution >= 0.6 is 0 Å². The van der Waals surface area contributed by atoms with E-state index >= 15 is 0 Å². The topological polar surface area (TPSA) is 51.7 Å². The Bertz CT molecular complexity index is 842. The summed E-state index contributed by atoms with van der Waals surface area (Å²) in [5, 5.41) is 0. The normalized spacial score (nSPS) is 10.9. The first-order valence-corrected chi connectivity index (χ1v) is 10.1. The van der Waals surface area contributed by atoms with Crippen molar-refractivity contribution in [2.24, 2.45) is 5.92 Å². The number of carbonyl (C=O) groups is 1. The van der Waals surface area contributed by atoms with Crippen LogP contribution in [0.1, 0.15) is 62.0 Å². The third-order valence-electron chi connectivity index (χ3n) is 4.63. The van der Waals surface area contributed by atoms with Crippen molar-refractivity contribution in [3.63, 3.8) is 0 Å². The molecule has 0 bridgehead atoms. The molecule has 2 rings (SSSR count). The van der Waals surface area contributed by atoms with Gasteiger partial charge in [0.05, 0.1) is 25.0 Å². The third kappa shape index (κ3) is 5.37. The molecule has 0 spiro atoms. The quantitative estimate of drug-likeness (QED) is 0.499. The van der Waals surface area contributed by atoms with Crippen LogP contribution in [0.3, 0.4) is 0 Å². The van der Waals surface area contributed by atoms with Gasteiger partial charge in [-0.25, -0.2) is 9.78 Å². The van der Waals surface area contributed by atoms with Crippen LogP contribution in [0, 0.1) is 5.92 Å². The smallest absolute Gasteiger partial charge is 0.339 e. The van der Waals surface area contributed by atoms with Gasteiger partial charge in [0.2, 0.25) is 0 Å². The zero-order valence-electron chi connectivity index (χ0n) is 18.4. The molecule has 0 saturated carbocycles. The Morgan fingerprint density at radius 1 is 1.24 bits per heavy atom. The average Bonchev–Trinajstić information content (AvgIpc) is 2.72. The number of aromatic nitrogens is 1. The first-order chi connectivity index (χ1) is 13.8. The van der Waals surface area contributed by atoms with Gasteiger partial charge in [0.15, 0.2) is 0 Å². The fourth-order valence-corrected chi connectivity index (χ4v) is 3.07. The van der Waals surface area contributed by atoms with Gasteiger partial charge in [-0.3, -0.25) is 0 Å². The van der Waals surface area contributed by atoms with E-state index in [0.29, 0.717) is 30.6 Å². The predicted molar refractivity (Wildman–Crippen MR) is 119 cm³/mol. The maximum absolute atomic E-state index is 11.7. The van der Waals surface area contributed by atoms with Gasteiger partial charge in [0, 0.05) is 18.8 Å². The summed E-state index contributed by atoms with van der Waals surface area (Å²) in [6.07, 6.45) is 3.40.